The van der Waals surface area contributed by atoms with Crippen LogP contribution in [0.25, 0.3) is 0 Å². The second-order valence-corrected chi connectivity index (χ2v) is 7.26. The lowest BCUT2D eigenvalue weighted by molar-refractivity contribution is 0.131. The first-order valence-corrected chi connectivity index (χ1v) is 8.19. The van der Waals surface area contributed by atoms with Crippen molar-refractivity contribution in [2.75, 3.05) is 6.54 Å². The van der Waals surface area contributed by atoms with Gasteiger partial charge in [0.05, 0.1) is 0 Å². The minimum absolute atomic E-state index is 0.732. The maximum atomic E-state index is 3.86. The highest BCUT2D eigenvalue weighted by atomic mass is 14.9. The van der Waals surface area contributed by atoms with Gasteiger partial charge in [0.2, 0.25) is 0 Å². The van der Waals surface area contributed by atoms with Gasteiger partial charge in [-0.05, 0) is 61.8 Å². The van der Waals surface area contributed by atoms with E-state index in [0.717, 1.165) is 35.6 Å². The molecule has 1 rings (SSSR count). The third-order valence-electron chi connectivity index (χ3n) is 4.97. The van der Waals surface area contributed by atoms with Crippen LogP contribution in [0.1, 0.15) is 67.2 Å². The molecule has 0 aliphatic heterocycles. The molecular weight excluding hydrogens is 218 g/mol. The Balaban J connectivity index is 2.68. The molecular formula is C17H35N. The minimum Gasteiger partial charge on any atom is -0.313 e. The Bertz CT molecular complexity index is 214. The fraction of sp³-hybridized carbons (Fsp3) is 1.00. The molecule has 0 bridgehead atoms. The van der Waals surface area contributed by atoms with Gasteiger partial charge in [-0.15, -0.1) is 0 Å². The fourth-order valence-corrected chi connectivity index (χ4v) is 3.81. The molecule has 108 valence electrons. The van der Waals surface area contributed by atoms with Gasteiger partial charge in [0.15, 0.2) is 0 Å². The van der Waals surface area contributed by atoms with Crippen molar-refractivity contribution >= 4 is 0 Å². The Kier molecular flexibility index (Phi) is 6.70. The fourth-order valence-electron chi connectivity index (χ4n) is 3.81. The standard InChI is InChI=1S/C17H35N/c1-7-8-18-17(15(6)12(2)3)16-10-13(4)9-14(5)11-16/h12-18H,7-11H2,1-6H3. The predicted molar refractivity (Wildman–Crippen MR) is 81.8 cm³/mol. The van der Waals surface area contributed by atoms with Crippen molar-refractivity contribution in [2.24, 2.45) is 29.6 Å². The SMILES string of the molecule is CCCNC(C1CC(C)CC(C)C1)C(C)C(C)C. The number of rotatable bonds is 6. The number of hydrogen-bond acceptors (Lipinski definition) is 1. The highest BCUT2D eigenvalue weighted by Gasteiger charge is 2.33. The van der Waals surface area contributed by atoms with Crippen LogP contribution in [0.3, 0.4) is 0 Å². The monoisotopic (exact) mass is 253 g/mol. The lowest BCUT2D eigenvalue weighted by Gasteiger charge is -2.41. The average Bonchev–Trinajstić information content (AvgIpc) is 2.27. The Labute approximate surface area is 115 Å². The van der Waals surface area contributed by atoms with Crippen LogP contribution in [0.15, 0.2) is 0 Å². The number of hydrogen-bond donors (Lipinski definition) is 1. The quantitative estimate of drug-likeness (QED) is 0.722. The summed E-state index contributed by atoms with van der Waals surface area (Å²) in [6, 6.07) is 0.732. The summed E-state index contributed by atoms with van der Waals surface area (Å²) in [7, 11) is 0. The van der Waals surface area contributed by atoms with Gasteiger partial charge in [-0.25, -0.2) is 0 Å². The lowest BCUT2D eigenvalue weighted by atomic mass is 9.70. The van der Waals surface area contributed by atoms with E-state index in [2.05, 4.69) is 46.9 Å². The van der Waals surface area contributed by atoms with E-state index in [0.29, 0.717) is 0 Å². The highest BCUT2D eigenvalue weighted by Crippen LogP contribution is 2.37. The van der Waals surface area contributed by atoms with Crippen LogP contribution in [-0.2, 0) is 0 Å². The molecule has 4 atom stereocenters. The molecule has 1 fully saturated rings. The Hall–Kier alpha value is -0.0400. The molecule has 0 radical (unpaired) electrons. The van der Waals surface area contributed by atoms with Crippen LogP contribution < -0.4 is 5.32 Å². The maximum Gasteiger partial charge on any atom is 0.0124 e. The molecule has 1 nitrogen and oxygen atoms in total. The summed E-state index contributed by atoms with van der Waals surface area (Å²) in [6.07, 6.45) is 5.55. The first kappa shape index (κ1) is 16.0. The molecule has 1 N–H and O–H groups in total. The van der Waals surface area contributed by atoms with E-state index in [9.17, 15) is 0 Å². The second kappa shape index (κ2) is 7.53. The van der Waals surface area contributed by atoms with Gasteiger partial charge in [0.1, 0.15) is 0 Å². The van der Waals surface area contributed by atoms with Crippen molar-refractivity contribution < 1.29 is 0 Å². The van der Waals surface area contributed by atoms with Gasteiger partial charge in [-0.3, -0.25) is 0 Å². The van der Waals surface area contributed by atoms with Crippen LogP contribution >= 0.6 is 0 Å². The average molecular weight is 253 g/mol. The van der Waals surface area contributed by atoms with Crippen molar-refractivity contribution in [3.63, 3.8) is 0 Å². The third-order valence-corrected chi connectivity index (χ3v) is 4.97. The molecule has 4 unspecified atom stereocenters. The Morgan fingerprint density at radius 1 is 1.00 bits per heavy atom. The van der Waals surface area contributed by atoms with Crippen molar-refractivity contribution in [2.45, 2.75) is 73.3 Å². The molecule has 1 aliphatic carbocycles. The smallest absolute Gasteiger partial charge is 0.0124 e. The zero-order chi connectivity index (χ0) is 13.7. The molecule has 0 saturated heterocycles. The van der Waals surface area contributed by atoms with E-state index in [4.69, 9.17) is 0 Å². The van der Waals surface area contributed by atoms with E-state index in [1.807, 2.05) is 0 Å². The first-order valence-electron chi connectivity index (χ1n) is 8.19. The highest BCUT2D eigenvalue weighted by molar-refractivity contribution is 4.87. The summed E-state index contributed by atoms with van der Waals surface area (Å²) >= 11 is 0. The lowest BCUT2D eigenvalue weighted by Crippen LogP contribution is -2.45. The number of nitrogens with one attached hydrogen (secondary N) is 1. The Morgan fingerprint density at radius 2 is 1.56 bits per heavy atom. The van der Waals surface area contributed by atoms with Gasteiger partial charge >= 0.3 is 0 Å². The second-order valence-electron chi connectivity index (χ2n) is 7.26. The van der Waals surface area contributed by atoms with Crippen molar-refractivity contribution in [3.8, 4) is 0 Å². The molecule has 0 heterocycles. The summed E-state index contributed by atoms with van der Waals surface area (Å²) in [5.74, 6) is 4.31. The first-order chi connectivity index (χ1) is 8.45. The predicted octanol–water partition coefficient (Wildman–Crippen LogP) is 4.72. The zero-order valence-corrected chi connectivity index (χ0v) is 13.5. The third kappa shape index (κ3) is 4.57. The van der Waals surface area contributed by atoms with E-state index in [-0.39, 0.29) is 0 Å². The van der Waals surface area contributed by atoms with Crippen molar-refractivity contribution in [1.82, 2.24) is 5.32 Å². The molecule has 1 aliphatic rings. The summed E-state index contributed by atoms with van der Waals surface area (Å²) in [5.41, 5.74) is 0. The van der Waals surface area contributed by atoms with Crippen LogP contribution in [0.2, 0.25) is 0 Å². The van der Waals surface area contributed by atoms with Gasteiger partial charge in [-0.1, -0.05) is 41.5 Å². The van der Waals surface area contributed by atoms with E-state index < -0.39 is 0 Å². The van der Waals surface area contributed by atoms with Gasteiger partial charge in [0.25, 0.3) is 0 Å². The summed E-state index contributed by atoms with van der Waals surface area (Å²) in [5, 5.41) is 3.86. The molecule has 18 heavy (non-hydrogen) atoms. The van der Waals surface area contributed by atoms with Gasteiger partial charge in [-0.2, -0.15) is 0 Å². The van der Waals surface area contributed by atoms with E-state index in [1.54, 1.807) is 0 Å². The van der Waals surface area contributed by atoms with Gasteiger partial charge < -0.3 is 5.32 Å². The molecule has 0 spiro atoms. The summed E-state index contributed by atoms with van der Waals surface area (Å²) < 4.78 is 0. The van der Waals surface area contributed by atoms with E-state index in [1.165, 1.54) is 32.2 Å². The molecule has 1 heteroatoms. The maximum absolute atomic E-state index is 3.86. The van der Waals surface area contributed by atoms with Crippen molar-refractivity contribution in [1.29, 1.82) is 0 Å². The van der Waals surface area contributed by atoms with E-state index >= 15 is 0 Å². The normalized spacial score (nSPS) is 32.5. The molecule has 0 aromatic heterocycles. The summed E-state index contributed by atoms with van der Waals surface area (Å²) in [6.45, 7) is 15.5. The molecule has 1 saturated carbocycles. The van der Waals surface area contributed by atoms with Crippen LogP contribution in [0, 0.1) is 29.6 Å². The molecule has 0 aromatic carbocycles. The largest absolute Gasteiger partial charge is 0.313 e. The minimum atomic E-state index is 0.732. The van der Waals surface area contributed by atoms with Crippen molar-refractivity contribution in [3.05, 3.63) is 0 Å². The van der Waals surface area contributed by atoms with Crippen LogP contribution in [0.5, 0.6) is 0 Å². The topological polar surface area (TPSA) is 12.0 Å². The van der Waals surface area contributed by atoms with Gasteiger partial charge in [0, 0.05) is 6.04 Å². The van der Waals surface area contributed by atoms with Crippen LogP contribution in [-0.4, -0.2) is 12.6 Å². The summed E-state index contributed by atoms with van der Waals surface area (Å²) in [4.78, 5) is 0. The zero-order valence-electron chi connectivity index (χ0n) is 13.5. The molecule has 0 aromatic rings. The Morgan fingerprint density at radius 3 is 2.00 bits per heavy atom. The molecule has 0 amide bonds. The van der Waals surface area contributed by atoms with Crippen LogP contribution in [0.4, 0.5) is 0 Å².